The van der Waals surface area contributed by atoms with Gasteiger partial charge < -0.3 is 19.3 Å². The Kier molecular flexibility index (Phi) is 9.02. The molecule has 0 saturated carbocycles. The molecule has 9 nitrogen and oxygen atoms in total. The summed E-state index contributed by atoms with van der Waals surface area (Å²) in [4.78, 5) is 42.7. The maximum atomic E-state index is 14.5. The number of rotatable bonds is 8. The zero-order chi connectivity index (χ0) is 26.5. The number of ether oxygens (including phenoxy) is 2. The van der Waals surface area contributed by atoms with Crippen LogP contribution in [0.25, 0.3) is 0 Å². The smallest absolute Gasteiger partial charge is 0.328 e. The summed E-state index contributed by atoms with van der Waals surface area (Å²) in [7, 11) is 1.51. The van der Waals surface area contributed by atoms with E-state index in [2.05, 4.69) is 10.2 Å². The molecule has 3 fully saturated rings. The highest BCUT2D eigenvalue weighted by Gasteiger charge is 2.32. The molecule has 0 radical (unpaired) electrons. The zero-order valence-corrected chi connectivity index (χ0v) is 22.1. The van der Waals surface area contributed by atoms with Crippen LogP contribution in [0.5, 0.6) is 5.75 Å². The van der Waals surface area contributed by atoms with Crippen molar-refractivity contribution in [2.45, 2.75) is 64.3 Å². The third-order valence-electron chi connectivity index (χ3n) is 7.54. The van der Waals surface area contributed by atoms with E-state index >= 15 is 0 Å². The average Bonchev–Trinajstić information content (AvgIpc) is 2.88. The molecule has 3 saturated heterocycles. The van der Waals surface area contributed by atoms with Gasteiger partial charge in [-0.15, -0.1) is 0 Å². The Morgan fingerprint density at radius 1 is 1.14 bits per heavy atom. The Hall–Kier alpha value is -2.72. The number of hydrogen-bond acceptors (Lipinski definition) is 6. The molecule has 0 spiro atoms. The molecule has 3 aliphatic rings. The van der Waals surface area contributed by atoms with Crippen molar-refractivity contribution in [2.24, 2.45) is 5.92 Å². The summed E-state index contributed by atoms with van der Waals surface area (Å²) in [5.41, 5.74) is 0.960. The van der Waals surface area contributed by atoms with Crippen molar-refractivity contribution in [3.05, 3.63) is 23.8 Å². The minimum Gasteiger partial charge on any atom is -0.495 e. The van der Waals surface area contributed by atoms with Crippen LogP contribution >= 0.6 is 0 Å². The van der Waals surface area contributed by atoms with E-state index in [0.717, 1.165) is 38.8 Å². The zero-order valence-electron chi connectivity index (χ0n) is 22.1. The molecule has 37 heavy (non-hydrogen) atoms. The first-order chi connectivity index (χ1) is 17.7. The maximum Gasteiger partial charge on any atom is 0.328 e. The summed E-state index contributed by atoms with van der Waals surface area (Å²) in [5.74, 6) is 0.579. The lowest BCUT2D eigenvalue weighted by Gasteiger charge is -2.37. The largest absolute Gasteiger partial charge is 0.495 e. The van der Waals surface area contributed by atoms with Crippen molar-refractivity contribution in [3.63, 3.8) is 0 Å². The van der Waals surface area contributed by atoms with E-state index < -0.39 is 12.2 Å². The first kappa shape index (κ1) is 27.3. The predicted molar refractivity (Wildman–Crippen MR) is 138 cm³/mol. The SMILES string of the molecule is COc1ccc(C(=O)N2CCC(CCN3CCC(OC(C)C)C(F)C3)CC2)cc1N1CCC(=O)NC1=O. The van der Waals surface area contributed by atoms with Crippen molar-refractivity contribution in [3.8, 4) is 5.75 Å². The number of alkyl halides is 1. The molecule has 10 heteroatoms. The van der Waals surface area contributed by atoms with Gasteiger partial charge in [-0.05, 0) is 70.2 Å². The highest BCUT2D eigenvalue weighted by Crippen LogP contribution is 2.32. The number of nitrogens with one attached hydrogen (secondary N) is 1. The van der Waals surface area contributed by atoms with Crippen LogP contribution in [-0.4, -0.2) is 92.4 Å². The van der Waals surface area contributed by atoms with Crippen molar-refractivity contribution in [1.82, 2.24) is 15.1 Å². The molecule has 2 atom stereocenters. The summed E-state index contributed by atoms with van der Waals surface area (Å²) >= 11 is 0. The molecule has 0 aliphatic carbocycles. The van der Waals surface area contributed by atoms with Crippen molar-refractivity contribution in [1.29, 1.82) is 0 Å². The quantitative estimate of drug-likeness (QED) is 0.568. The molecule has 1 aromatic rings. The first-order valence-electron chi connectivity index (χ1n) is 13.4. The molecule has 0 aromatic heterocycles. The highest BCUT2D eigenvalue weighted by atomic mass is 19.1. The number of methoxy groups -OCH3 is 1. The van der Waals surface area contributed by atoms with Gasteiger partial charge in [-0.2, -0.15) is 0 Å². The van der Waals surface area contributed by atoms with Crippen molar-refractivity contribution in [2.75, 3.05) is 51.3 Å². The van der Waals surface area contributed by atoms with Gasteiger partial charge in [0.15, 0.2) is 0 Å². The van der Waals surface area contributed by atoms with Crippen LogP contribution in [0.4, 0.5) is 14.9 Å². The first-order valence-corrected chi connectivity index (χ1v) is 13.4. The van der Waals surface area contributed by atoms with Crippen LogP contribution in [-0.2, 0) is 9.53 Å². The third kappa shape index (κ3) is 6.78. The molecule has 1 aromatic carbocycles. The van der Waals surface area contributed by atoms with Crippen LogP contribution in [0.1, 0.15) is 56.3 Å². The van der Waals surface area contributed by atoms with Gasteiger partial charge in [0, 0.05) is 44.7 Å². The number of imide groups is 1. The molecule has 4 rings (SSSR count). The van der Waals surface area contributed by atoms with Gasteiger partial charge >= 0.3 is 6.03 Å². The van der Waals surface area contributed by atoms with Crippen LogP contribution in [0.15, 0.2) is 18.2 Å². The van der Waals surface area contributed by atoms with Crippen LogP contribution < -0.4 is 15.0 Å². The van der Waals surface area contributed by atoms with Gasteiger partial charge in [0.2, 0.25) is 5.91 Å². The van der Waals surface area contributed by atoms with Crippen LogP contribution in [0.2, 0.25) is 0 Å². The van der Waals surface area contributed by atoms with Crippen LogP contribution in [0.3, 0.4) is 0 Å². The number of benzene rings is 1. The topological polar surface area (TPSA) is 91.4 Å². The number of carbonyl (C=O) groups excluding carboxylic acids is 3. The number of carbonyl (C=O) groups is 3. The van der Waals surface area contributed by atoms with E-state index in [1.54, 1.807) is 18.2 Å². The maximum absolute atomic E-state index is 14.5. The molecule has 3 heterocycles. The summed E-state index contributed by atoms with van der Waals surface area (Å²) in [5, 5.41) is 2.31. The Morgan fingerprint density at radius 3 is 2.54 bits per heavy atom. The molecule has 4 amide bonds. The van der Waals surface area contributed by atoms with E-state index in [-0.39, 0.29) is 37.0 Å². The molecule has 2 unspecified atom stereocenters. The Morgan fingerprint density at radius 2 is 1.89 bits per heavy atom. The van der Waals surface area contributed by atoms with Crippen molar-refractivity contribution >= 4 is 23.5 Å². The van der Waals surface area contributed by atoms with E-state index in [1.165, 1.54) is 12.0 Å². The van der Waals surface area contributed by atoms with Gasteiger partial charge in [0.05, 0.1) is 25.0 Å². The number of likely N-dealkylation sites (tertiary alicyclic amines) is 2. The van der Waals surface area contributed by atoms with Gasteiger partial charge in [0.25, 0.3) is 5.91 Å². The molecule has 0 bridgehead atoms. The number of hydrogen-bond donors (Lipinski definition) is 1. The lowest BCUT2D eigenvalue weighted by atomic mass is 9.92. The van der Waals surface area contributed by atoms with E-state index in [4.69, 9.17) is 9.47 Å². The van der Waals surface area contributed by atoms with Crippen molar-refractivity contribution < 1.29 is 28.2 Å². The molecular weight excluding hydrogens is 479 g/mol. The summed E-state index contributed by atoms with van der Waals surface area (Å²) in [6, 6.07) is 4.55. The number of nitrogens with zero attached hydrogens (tertiary/aromatic N) is 3. The highest BCUT2D eigenvalue weighted by molar-refractivity contribution is 6.07. The van der Waals surface area contributed by atoms with E-state index in [0.29, 0.717) is 42.6 Å². The summed E-state index contributed by atoms with van der Waals surface area (Å²) < 4.78 is 25.6. The second-order valence-electron chi connectivity index (χ2n) is 10.5. The summed E-state index contributed by atoms with van der Waals surface area (Å²) in [6.07, 6.45) is 2.55. The van der Waals surface area contributed by atoms with E-state index in [9.17, 15) is 18.8 Å². The Labute approximate surface area is 218 Å². The van der Waals surface area contributed by atoms with Gasteiger partial charge in [-0.25, -0.2) is 9.18 Å². The van der Waals surface area contributed by atoms with Crippen LogP contribution in [0, 0.1) is 5.92 Å². The van der Waals surface area contributed by atoms with Gasteiger partial charge in [0.1, 0.15) is 11.9 Å². The predicted octanol–water partition coefficient (Wildman–Crippen LogP) is 3.22. The number of piperidine rings is 2. The fourth-order valence-corrected chi connectivity index (χ4v) is 5.45. The monoisotopic (exact) mass is 518 g/mol. The lowest BCUT2D eigenvalue weighted by Crippen LogP contribution is -2.49. The Balaban J connectivity index is 1.28. The molecular formula is C27H39FN4O5. The fraction of sp³-hybridized carbons (Fsp3) is 0.667. The minimum atomic E-state index is -0.943. The Bertz CT molecular complexity index is 982. The number of amides is 4. The van der Waals surface area contributed by atoms with Gasteiger partial charge in [-0.1, -0.05) is 0 Å². The summed E-state index contributed by atoms with van der Waals surface area (Å²) in [6.45, 7) is 7.61. The van der Waals surface area contributed by atoms with E-state index in [1.807, 2.05) is 18.7 Å². The average molecular weight is 519 g/mol. The second kappa shape index (κ2) is 12.2. The fourth-order valence-electron chi connectivity index (χ4n) is 5.45. The lowest BCUT2D eigenvalue weighted by molar-refractivity contribution is -0.120. The standard InChI is InChI=1S/C27H39FN4O5/c1-18(2)37-23-9-12-30(17-21(23)28)11-6-19-7-13-31(14-8-19)26(34)20-4-5-24(36-3)22(16-20)32-15-10-25(33)29-27(32)35/h4-5,16,18-19,21,23H,6-15,17H2,1-3H3,(H,29,33,35). The number of anilines is 1. The third-order valence-corrected chi connectivity index (χ3v) is 7.54. The number of urea groups is 1. The van der Waals surface area contributed by atoms with Gasteiger partial charge in [-0.3, -0.25) is 19.8 Å². The number of halogens is 1. The normalized spacial score (nSPS) is 23.9. The second-order valence-corrected chi connectivity index (χ2v) is 10.5. The molecule has 3 aliphatic heterocycles. The molecule has 1 N–H and O–H groups in total. The minimum absolute atomic E-state index is 0.0436. The molecule has 204 valence electrons.